The fourth-order valence-corrected chi connectivity index (χ4v) is 4.33. The molecule has 0 aromatic carbocycles. The van der Waals surface area contributed by atoms with E-state index in [-0.39, 0.29) is 28.6 Å². The molecule has 0 saturated heterocycles. The van der Waals surface area contributed by atoms with Gasteiger partial charge in [-0.3, -0.25) is 9.48 Å². The molecule has 3 aromatic rings. The molecule has 3 aromatic heterocycles. The van der Waals surface area contributed by atoms with Crippen LogP contribution in [0.5, 0.6) is 0 Å². The number of rotatable bonds is 4. The molecule has 7 nitrogen and oxygen atoms in total. The van der Waals surface area contributed by atoms with Gasteiger partial charge in [0.05, 0.1) is 28.3 Å². The molecule has 0 bridgehead atoms. The van der Waals surface area contributed by atoms with Gasteiger partial charge in [0.25, 0.3) is 5.56 Å². The summed E-state index contributed by atoms with van der Waals surface area (Å²) in [7, 11) is 1.59. The fraction of sp³-hybridized carbons (Fsp3) is 0.474. The Morgan fingerprint density at radius 1 is 1.20 bits per heavy atom. The van der Waals surface area contributed by atoms with E-state index in [1.165, 1.54) is 15.6 Å². The van der Waals surface area contributed by atoms with Gasteiger partial charge in [-0.05, 0) is 37.7 Å². The molecular weight excluding hydrogens is 423 g/mol. The maximum Gasteiger partial charge on any atom is 0.434 e. The van der Waals surface area contributed by atoms with E-state index in [0.717, 1.165) is 25.1 Å². The third-order valence-electron chi connectivity index (χ3n) is 5.78. The second kappa shape index (κ2) is 6.27. The van der Waals surface area contributed by atoms with Gasteiger partial charge in [0.1, 0.15) is 5.60 Å². The number of pyridine rings is 1. The Kier molecular flexibility index (Phi) is 4.08. The van der Waals surface area contributed by atoms with Gasteiger partial charge in [0.2, 0.25) is 0 Å². The van der Waals surface area contributed by atoms with Crippen LogP contribution in [0.25, 0.3) is 10.9 Å². The van der Waals surface area contributed by atoms with Gasteiger partial charge in [-0.25, -0.2) is 9.67 Å². The lowest BCUT2D eigenvalue weighted by atomic mass is 9.85. The van der Waals surface area contributed by atoms with E-state index in [1.807, 2.05) is 0 Å². The molecule has 158 valence electrons. The van der Waals surface area contributed by atoms with Gasteiger partial charge < -0.3 is 5.11 Å². The molecule has 1 N–H and O–H groups in total. The number of hydrogen-bond acceptors (Lipinski definition) is 5. The van der Waals surface area contributed by atoms with Crippen molar-refractivity contribution < 1.29 is 18.3 Å². The number of halogens is 4. The summed E-state index contributed by atoms with van der Waals surface area (Å²) in [6.07, 6.45) is 0.849. The standard InChI is InChI=1S/C19H17ClF3N5O2/c1-27-16(12-8-25-28(11-4-5-11)17(29)14(12)26-27)18(30,9-2-3-9)10-6-13(20)15(24-7-10)19(21,22)23/h6-9,11,30H,2-5H2,1H3/t18-/m1/s1. The number of alkyl halides is 3. The van der Waals surface area contributed by atoms with Crippen molar-refractivity contribution in [1.82, 2.24) is 24.5 Å². The van der Waals surface area contributed by atoms with Gasteiger partial charge in [-0.15, -0.1) is 0 Å². The molecule has 3 heterocycles. The summed E-state index contributed by atoms with van der Waals surface area (Å²) in [4.78, 5) is 16.3. The maximum absolute atomic E-state index is 13.1. The number of fused-ring (bicyclic) bond motifs is 1. The molecule has 0 radical (unpaired) electrons. The van der Waals surface area contributed by atoms with Crippen molar-refractivity contribution in [2.75, 3.05) is 0 Å². The fourth-order valence-electron chi connectivity index (χ4n) is 4.05. The van der Waals surface area contributed by atoms with Crippen LogP contribution in [0, 0.1) is 5.92 Å². The number of aromatic nitrogens is 5. The summed E-state index contributed by atoms with van der Waals surface area (Å²) < 4.78 is 42.0. The summed E-state index contributed by atoms with van der Waals surface area (Å²) in [6.45, 7) is 0. The van der Waals surface area contributed by atoms with Gasteiger partial charge in [-0.2, -0.15) is 23.4 Å². The summed E-state index contributed by atoms with van der Waals surface area (Å²) in [5.41, 5.74) is -2.68. The Balaban J connectivity index is 1.71. The zero-order valence-corrected chi connectivity index (χ0v) is 16.6. The highest BCUT2D eigenvalue weighted by atomic mass is 35.5. The second-order valence-electron chi connectivity index (χ2n) is 7.95. The molecule has 0 amide bonds. The molecule has 1 atom stereocenters. The second-order valence-corrected chi connectivity index (χ2v) is 8.36. The van der Waals surface area contributed by atoms with E-state index in [2.05, 4.69) is 15.2 Å². The number of aryl methyl sites for hydroxylation is 1. The van der Waals surface area contributed by atoms with Crippen LogP contribution in [0.1, 0.15) is 48.7 Å². The van der Waals surface area contributed by atoms with E-state index >= 15 is 0 Å². The summed E-state index contributed by atoms with van der Waals surface area (Å²) in [5, 5.41) is 20.1. The highest BCUT2D eigenvalue weighted by Gasteiger charge is 2.50. The average molecular weight is 440 g/mol. The lowest BCUT2D eigenvalue weighted by Crippen LogP contribution is -2.33. The first-order valence-electron chi connectivity index (χ1n) is 9.53. The quantitative estimate of drug-likeness (QED) is 0.674. The van der Waals surface area contributed by atoms with Gasteiger partial charge >= 0.3 is 6.18 Å². The SMILES string of the molecule is Cn1nc2c(=O)n(C3CC3)ncc2c1[C@](O)(c1cnc(C(F)(F)F)c(Cl)c1)C1CC1. The first-order chi connectivity index (χ1) is 14.1. The predicted octanol–water partition coefficient (Wildman–Crippen LogP) is 3.18. The van der Waals surface area contributed by atoms with Crippen LogP contribution in [-0.4, -0.2) is 29.7 Å². The number of hydrogen-bond donors (Lipinski definition) is 1. The van der Waals surface area contributed by atoms with E-state index in [9.17, 15) is 23.1 Å². The molecule has 0 aliphatic heterocycles. The number of nitrogens with zero attached hydrogens (tertiary/aromatic N) is 5. The Hall–Kier alpha value is -2.46. The third kappa shape index (κ3) is 2.84. The molecule has 2 fully saturated rings. The van der Waals surface area contributed by atoms with Crippen LogP contribution < -0.4 is 5.56 Å². The molecular formula is C19H17ClF3N5O2. The summed E-state index contributed by atoms with van der Waals surface area (Å²) in [6, 6.07) is 1.15. The normalized spacial score (nSPS) is 19.3. The minimum Gasteiger partial charge on any atom is -0.378 e. The first-order valence-corrected chi connectivity index (χ1v) is 9.90. The van der Waals surface area contributed by atoms with E-state index in [1.54, 1.807) is 7.05 Å². The molecule has 5 rings (SSSR count). The van der Waals surface area contributed by atoms with E-state index < -0.39 is 22.5 Å². The zero-order chi connectivity index (χ0) is 21.4. The molecule has 2 saturated carbocycles. The van der Waals surface area contributed by atoms with Crippen molar-refractivity contribution in [2.24, 2.45) is 13.0 Å². The van der Waals surface area contributed by atoms with Crippen LogP contribution in [0.15, 0.2) is 23.3 Å². The third-order valence-corrected chi connectivity index (χ3v) is 6.07. The molecule has 11 heteroatoms. The highest BCUT2D eigenvalue weighted by Crippen LogP contribution is 2.51. The summed E-state index contributed by atoms with van der Waals surface area (Å²) in [5.74, 6) is -0.267. The smallest absolute Gasteiger partial charge is 0.378 e. The largest absolute Gasteiger partial charge is 0.434 e. The van der Waals surface area contributed by atoms with Gasteiger partial charge in [0.15, 0.2) is 11.2 Å². The zero-order valence-electron chi connectivity index (χ0n) is 15.8. The minimum absolute atomic E-state index is 0.0626. The van der Waals surface area contributed by atoms with Crippen molar-refractivity contribution >= 4 is 22.5 Å². The lowest BCUT2D eigenvalue weighted by Gasteiger charge is -2.29. The van der Waals surface area contributed by atoms with Crippen molar-refractivity contribution in [3.63, 3.8) is 0 Å². The Bertz CT molecular complexity index is 1230. The van der Waals surface area contributed by atoms with Crippen LogP contribution in [0.3, 0.4) is 0 Å². The van der Waals surface area contributed by atoms with Crippen LogP contribution >= 0.6 is 11.6 Å². The Labute approximate surface area is 173 Å². The topological polar surface area (TPSA) is 85.8 Å². The van der Waals surface area contributed by atoms with Gasteiger partial charge in [-0.1, -0.05) is 11.6 Å². The average Bonchev–Trinajstić information content (AvgIpc) is 3.57. The Morgan fingerprint density at radius 2 is 1.90 bits per heavy atom. The van der Waals surface area contributed by atoms with Crippen molar-refractivity contribution in [3.8, 4) is 0 Å². The van der Waals surface area contributed by atoms with Gasteiger partial charge in [0, 0.05) is 18.8 Å². The lowest BCUT2D eigenvalue weighted by molar-refractivity contribution is -0.141. The Morgan fingerprint density at radius 3 is 2.47 bits per heavy atom. The number of aliphatic hydroxyl groups is 1. The first kappa shape index (κ1) is 19.5. The van der Waals surface area contributed by atoms with Crippen LogP contribution in [0.4, 0.5) is 13.2 Å². The molecule has 30 heavy (non-hydrogen) atoms. The minimum atomic E-state index is -4.70. The molecule has 2 aliphatic carbocycles. The van der Waals surface area contributed by atoms with Crippen molar-refractivity contribution in [2.45, 2.75) is 43.5 Å². The van der Waals surface area contributed by atoms with Crippen LogP contribution in [0.2, 0.25) is 5.02 Å². The van der Waals surface area contributed by atoms with Crippen molar-refractivity contribution in [1.29, 1.82) is 0 Å². The van der Waals surface area contributed by atoms with Crippen LogP contribution in [-0.2, 0) is 18.8 Å². The van der Waals surface area contributed by atoms with E-state index in [4.69, 9.17) is 11.6 Å². The highest BCUT2D eigenvalue weighted by molar-refractivity contribution is 6.31. The van der Waals surface area contributed by atoms with Crippen molar-refractivity contribution in [3.05, 3.63) is 50.8 Å². The predicted molar refractivity (Wildman–Crippen MR) is 101 cm³/mol. The monoisotopic (exact) mass is 439 g/mol. The molecule has 0 unspecified atom stereocenters. The van der Waals surface area contributed by atoms with E-state index in [0.29, 0.717) is 23.9 Å². The molecule has 2 aliphatic rings. The molecule has 0 spiro atoms. The summed E-state index contributed by atoms with van der Waals surface area (Å²) >= 11 is 5.87. The maximum atomic E-state index is 13.1.